The van der Waals surface area contributed by atoms with Crippen LogP contribution in [0.5, 0.6) is 0 Å². The highest BCUT2D eigenvalue weighted by Crippen LogP contribution is 2.19. The van der Waals surface area contributed by atoms with Gasteiger partial charge in [0, 0.05) is 13.0 Å². The van der Waals surface area contributed by atoms with E-state index in [-0.39, 0.29) is 11.9 Å². The molecule has 1 unspecified atom stereocenters. The van der Waals surface area contributed by atoms with Gasteiger partial charge in [0.2, 0.25) is 5.76 Å². The molecule has 1 aliphatic heterocycles. The lowest BCUT2D eigenvalue weighted by Crippen LogP contribution is -2.06. The van der Waals surface area contributed by atoms with Crippen LogP contribution >= 0.6 is 0 Å². The number of carbonyl (C=O) groups is 1. The molecule has 5 heteroatoms. The molecule has 5 nitrogen and oxygen atoms in total. The SMILES string of the molecule is CCc1nc(CCC2CCCO2)oc1C(=O)O. The number of aromatic nitrogens is 1. The monoisotopic (exact) mass is 239 g/mol. The van der Waals surface area contributed by atoms with Gasteiger partial charge in [0.05, 0.1) is 11.8 Å². The predicted molar refractivity (Wildman–Crippen MR) is 60.1 cm³/mol. The molecule has 2 rings (SSSR count). The Hall–Kier alpha value is -1.36. The Balaban J connectivity index is 1.98. The van der Waals surface area contributed by atoms with Crippen molar-refractivity contribution < 1.29 is 19.1 Å². The summed E-state index contributed by atoms with van der Waals surface area (Å²) in [6.45, 7) is 2.70. The van der Waals surface area contributed by atoms with Gasteiger partial charge in [-0.25, -0.2) is 9.78 Å². The van der Waals surface area contributed by atoms with Crippen molar-refractivity contribution in [1.82, 2.24) is 4.98 Å². The lowest BCUT2D eigenvalue weighted by molar-refractivity contribution is 0.0658. The molecule has 1 N–H and O–H groups in total. The van der Waals surface area contributed by atoms with Crippen molar-refractivity contribution in [1.29, 1.82) is 0 Å². The van der Waals surface area contributed by atoms with E-state index < -0.39 is 5.97 Å². The molecule has 94 valence electrons. The molecule has 1 saturated heterocycles. The highest BCUT2D eigenvalue weighted by Gasteiger charge is 2.20. The molecule has 0 amide bonds. The lowest BCUT2D eigenvalue weighted by atomic mass is 10.1. The first kappa shape index (κ1) is 12.1. The summed E-state index contributed by atoms with van der Waals surface area (Å²) >= 11 is 0. The Morgan fingerprint density at radius 1 is 1.59 bits per heavy atom. The molecule has 17 heavy (non-hydrogen) atoms. The van der Waals surface area contributed by atoms with Crippen LogP contribution in [0, 0.1) is 0 Å². The van der Waals surface area contributed by atoms with Crippen LogP contribution in [0.4, 0.5) is 0 Å². The number of ether oxygens (including phenoxy) is 1. The highest BCUT2D eigenvalue weighted by atomic mass is 16.5. The van der Waals surface area contributed by atoms with Gasteiger partial charge in [0.1, 0.15) is 0 Å². The van der Waals surface area contributed by atoms with Crippen molar-refractivity contribution in [2.75, 3.05) is 6.61 Å². The van der Waals surface area contributed by atoms with Gasteiger partial charge in [-0.3, -0.25) is 0 Å². The second kappa shape index (κ2) is 5.31. The molecular formula is C12H17NO4. The summed E-state index contributed by atoms with van der Waals surface area (Å²) in [7, 11) is 0. The van der Waals surface area contributed by atoms with Crippen LogP contribution in [0.1, 0.15) is 48.3 Å². The molecule has 1 aromatic rings. The largest absolute Gasteiger partial charge is 0.475 e. The second-order valence-electron chi connectivity index (χ2n) is 4.22. The van der Waals surface area contributed by atoms with Crippen LogP contribution in [-0.4, -0.2) is 28.8 Å². The van der Waals surface area contributed by atoms with E-state index in [1.54, 1.807) is 0 Å². The summed E-state index contributed by atoms with van der Waals surface area (Å²) in [5.41, 5.74) is 0.528. The minimum atomic E-state index is -1.04. The van der Waals surface area contributed by atoms with Crippen molar-refractivity contribution in [3.8, 4) is 0 Å². The maximum Gasteiger partial charge on any atom is 0.373 e. The van der Waals surface area contributed by atoms with E-state index in [1.165, 1.54) is 0 Å². The molecule has 2 heterocycles. The fourth-order valence-electron chi connectivity index (χ4n) is 2.07. The number of hydrogen-bond acceptors (Lipinski definition) is 4. The van der Waals surface area contributed by atoms with Crippen molar-refractivity contribution in [2.45, 2.75) is 45.1 Å². The van der Waals surface area contributed by atoms with Gasteiger partial charge >= 0.3 is 5.97 Å². The number of aryl methyl sites for hydroxylation is 2. The van der Waals surface area contributed by atoms with E-state index in [9.17, 15) is 4.79 Å². The first-order valence-electron chi connectivity index (χ1n) is 6.04. The zero-order valence-corrected chi connectivity index (χ0v) is 9.94. The number of oxazole rings is 1. The summed E-state index contributed by atoms with van der Waals surface area (Å²) in [5.74, 6) is -0.553. The third kappa shape index (κ3) is 2.85. The average Bonchev–Trinajstić information content (AvgIpc) is 2.95. The van der Waals surface area contributed by atoms with Crippen LogP contribution in [-0.2, 0) is 17.6 Å². The normalized spacial score (nSPS) is 19.7. The van der Waals surface area contributed by atoms with Crippen LogP contribution < -0.4 is 0 Å². The summed E-state index contributed by atoms with van der Waals surface area (Å²) in [4.78, 5) is 15.1. The van der Waals surface area contributed by atoms with Crippen LogP contribution in [0.25, 0.3) is 0 Å². The summed E-state index contributed by atoms with van der Waals surface area (Å²) in [5, 5.41) is 8.93. The molecule has 0 aromatic carbocycles. The molecule has 1 aliphatic rings. The van der Waals surface area contributed by atoms with E-state index in [4.69, 9.17) is 14.3 Å². The topological polar surface area (TPSA) is 72.6 Å². The predicted octanol–water partition coefficient (Wildman–Crippen LogP) is 2.05. The molecule has 0 aliphatic carbocycles. The summed E-state index contributed by atoms with van der Waals surface area (Å²) in [6.07, 6.45) is 4.53. The minimum Gasteiger partial charge on any atom is -0.475 e. The molecule has 1 atom stereocenters. The minimum absolute atomic E-state index is 0.0187. The van der Waals surface area contributed by atoms with Crippen LogP contribution in [0.3, 0.4) is 0 Å². The van der Waals surface area contributed by atoms with Gasteiger partial charge in [-0.1, -0.05) is 6.92 Å². The zero-order chi connectivity index (χ0) is 12.3. The van der Waals surface area contributed by atoms with Gasteiger partial charge in [-0.2, -0.15) is 0 Å². The fraction of sp³-hybridized carbons (Fsp3) is 0.667. The Morgan fingerprint density at radius 3 is 2.94 bits per heavy atom. The van der Waals surface area contributed by atoms with Gasteiger partial charge < -0.3 is 14.3 Å². The highest BCUT2D eigenvalue weighted by molar-refractivity contribution is 5.85. The van der Waals surface area contributed by atoms with Gasteiger partial charge in [-0.15, -0.1) is 0 Å². The number of rotatable bonds is 5. The number of aromatic carboxylic acids is 1. The zero-order valence-electron chi connectivity index (χ0n) is 9.94. The molecule has 1 fully saturated rings. The third-order valence-electron chi connectivity index (χ3n) is 2.97. The number of hydrogen-bond donors (Lipinski definition) is 1. The van der Waals surface area contributed by atoms with Crippen LogP contribution in [0.2, 0.25) is 0 Å². The molecule has 0 bridgehead atoms. The Kier molecular flexibility index (Phi) is 3.78. The van der Waals surface area contributed by atoms with E-state index in [0.29, 0.717) is 24.4 Å². The Morgan fingerprint density at radius 2 is 2.41 bits per heavy atom. The molecular weight excluding hydrogens is 222 g/mol. The Labute approximate surface area is 99.8 Å². The number of carboxylic acid groups (broad SMARTS) is 1. The van der Waals surface area contributed by atoms with E-state index in [2.05, 4.69) is 4.98 Å². The first-order chi connectivity index (χ1) is 8.20. The lowest BCUT2D eigenvalue weighted by Gasteiger charge is -2.05. The van der Waals surface area contributed by atoms with Gasteiger partial charge in [0.15, 0.2) is 5.89 Å². The molecule has 1 aromatic heterocycles. The van der Waals surface area contributed by atoms with Crippen molar-refractivity contribution in [3.63, 3.8) is 0 Å². The van der Waals surface area contributed by atoms with E-state index >= 15 is 0 Å². The fourth-order valence-corrected chi connectivity index (χ4v) is 2.07. The van der Waals surface area contributed by atoms with Crippen LogP contribution in [0.15, 0.2) is 4.42 Å². The first-order valence-corrected chi connectivity index (χ1v) is 6.04. The number of nitrogens with zero attached hydrogens (tertiary/aromatic N) is 1. The third-order valence-corrected chi connectivity index (χ3v) is 2.97. The quantitative estimate of drug-likeness (QED) is 0.851. The Bertz CT molecular complexity index is 393. The van der Waals surface area contributed by atoms with Gasteiger partial charge in [-0.05, 0) is 25.7 Å². The van der Waals surface area contributed by atoms with E-state index in [0.717, 1.165) is 25.9 Å². The summed E-state index contributed by atoms with van der Waals surface area (Å²) < 4.78 is 10.8. The van der Waals surface area contributed by atoms with Crippen molar-refractivity contribution in [2.24, 2.45) is 0 Å². The molecule has 0 saturated carbocycles. The maximum atomic E-state index is 10.9. The van der Waals surface area contributed by atoms with Crippen molar-refractivity contribution >= 4 is 5.97 Å². The second-order valence-corrected chi connectivity index (χ2v) is 4.22. The van der Waals surface area contributed by atoms with Gasteiger partial charge in [0.25, 0.3) is 0 Å². The van der Waals surface area contributed by atoms with E-state index in [1.807, 2.05) is 6.92 Å². The summed E-state index contributed by atoms with van der Waals surface area (Å²) in [6, 6.07) is 0. The smallest absolute Gasteiger partial charge is 0.373 e. The maximum absolute atomic E-state index is 10.9. The molecule has 0 radical (unpaired) electrons. The molecule has 0 spiro atoms. The standard InChI is InChI=1S/C12H17NO4/c1-2-9-11(12(14)15)17-10(13-9)6-5-8-4-3-7-16-8/h8H,2-7H2,1H3,(H,14,15). The van der Waals surface area contributed by atoms with Crippen molar-refractivity contribution in [3.05, 3.63) is 17.3 Å². The average molecular weight is 239 g/mol. The number of carboxylic acids is 1.